The predicted molar refractivity (Wildman–Crippen MR) is 147 cm³/mol. The molecule has 3 aromatic carbocycles. The Balaban J connectivity index is 1.65. The Bertz CT molecular complexity index is 1440. The van der Waals surface area contributed by atoms with E-state index in [1.54, 1.807) is 30.3 Å². The number of nitrogens with one attached hydrogen (secondary N) is 3. The third-order valence-electron chi connectivity index (χ3n) is 7.22. The third-order valence-corrected chi connectivity index (χ3v) is 7.74. The van der Waals surface area contributed by atoms with Crippen molar-refractivity contribution in [3.63, 3.8) is 0 Å². The van der Waals surface area contributed by atoms with Crippen molar-refractivity contribution in [1.29, 1.82) is 0 Å². The van der Waals surface area contributed by atoms with E-state index in [2.05, 4.69) is 16.0 Å². The van der Waals surface area contributed by atoms with Crippen molar-refractivity contribution in [3.8, 4) is 0 Å². The molecular weight excluding hydrogens is 547 g/mol. The van der Waals surface area contributed by atoms with Gasteiger partial charge in [-0.1, -0.05) is 62.2 Å². The molecule has 0 unspecified atom stereocenters. The number of benzene rings is 3. The number of rotatable bonds is 4. The number of hydrogen-bond donors (Lipinski definition) is 3. The first-order valence-electron chi connectivity index (χ1n) is 12.4. The van der Waals surface area contributed by atoms with Gasteiger partial charge in [-0.2, -0.15) is 0 Å². The van der Waals surface area contributed by atoms with Crippen LogP contribution in [-0.4, -0.2) is 24.3 Å². The fourth-order valence-electron chi connectivity index (χ4n) is 5.76. The number of ether oxygens (including phenoxy) is 1. The summed E-state index contributed by atoms with van der Waals surface area (Å²) in [5.74, 6) is -2.52. The molecule has 6 nitrogen and oxygen atoms in total. The van der Waals surface area contributed by atoms with Crippen LogP contribution in [0.4, 0.5) is 25.0 Å². The average Bonchev–Trinajstić information content (AvgIpc) is 3.30. The average molecular weight is 574 g/mol. The van der Waals surface area contributed by atoms with Crippen LogP contribution in [0.1, 0.15) is 44.2 Å². The molecule has 2 heterocycles. The summed E-state index contributed by atoms with van der Waals surface area (Å²) < 4.78 is 34.9. The van der Waals surface area contributed by atoms with Gasteiger partial charge in [0.2, 0.25) is 5.91 Å². The first-order chi connectivity index (χ1) is 18.4. The van der Waals surface area contributed by atoms with E-state index in [0.29, 0.717) is 28.4 Å². The lowest BCUT2D eigenvalue weighted by Crippen LogP contribution is -2.49. The minimum atomic E-state index is -1.36. The molecule has 0 aromatic heterocycles. The molecule has 0 bridgehead atoms. The predicted octanol–water partition coefficient (Wildman–Crippen LogP) is 7.23. The highest BCUT2D eigenvalue weighted by Crippen LogP contribution is 2.57. The number of hydrogen-bond acceptors (Lipinski definition) is 4. The summed E-state index contributed by atoms with van der Waals surface area (Å²) in [6, 6.07) is 14.3. The van der Waals surface area contributed by atoms with Gasteiger partial charge in [0.1, 0.15) is 17.0 Å². The lowest BCUT2D eigenvalue weighted by Gasteiger charge is -2.37. The minimum absolute atomic E-state index is 0.119. The standard InChI is InChI=1S/C29H27Cl2F2N3O3/c1-28(2,3)14-22-29(19-12-7-15(30)13-21(19)35-26(29)37)23(18-5-4-6-20(31)24(18)33)25(36-22)39-27(38)34-17-10-8-16(32)9-11-17/h4-13,22-23,25,36H,14H2,1-3H3,(H,34,38)(H,35,37)/t22-,23-,25+,29+/m0/s1. The van der Waals surface area contributed by atoms with Gasteiger partial charge in [0.15, 0.2) is 6.23 Å². The molecule has 0 aliphatic carbocycles. The molecule has 3 aromatic rings. The highest BCUT2D eigenvalue weighted by molar-refractivity contribution is 6.31. The first kappa shape index (κ1) is 27.4. The number of carbonyl (C=O) groups excluding carboxylic acids is 2. The number of fused-ring (bicyclic) bond motifs is 2. The van der Waals surface area contributed by atoms with Crippen LogP contribution in [0.15, 0.2) is 60.7 Å². The van der Waals surface area contributed by atoms with Gasteiger partial charge in [0, 0.05) is 22.4 Å². The molecular formula is C29H27Cl2F2N3O3. The van der Waals surface area contributed by atoms with E-state index >= 15 is 4.39 Å². The van der Waals surface area contributed by atoms with Gasteiger partial charge in [0.25, 0.3) is 0 Å². The van der Waals surface area contributed by atoms with E-state index < -0.39 is 41.3 Å². The summed E-state index contributed by atoms with van der Waals surface area (Å²) in [7, 11) is 0. The summed E-state index contributed by atoms with van der Waals surface area (Å²) in [5.41, 5.74) is -0.0546. The van der Waals surface area contributed by atoms with Crippen molar-refractivity contribution in [2.45, 2.75) is 50.8 Å². The maximum absolute atomic E-state index is 15.7. The molecule has 2 aliphatic rings. The van der Waals surface area contributed by atoms with Crippen molar-refractivity contribution in [2.24, 2.45) is 5.41 Å². The molecule has 2 aliphatic heterocycles. The van der Waals surface area contributed by atoms with Gasteiger partial charge in [-0.25, -0.2) is 13.6 Å². The Morgan fingerprint density at radius 1 is 1.08 bits per heavy atom. The minimum Gasteiger partial charge on any atom is -0.429 e. The van der Waals surface area contributed by atoms with Gasteiger partial charge < -0.3 is 10.1 Å². The molecule has 4 atom stereocenters. The van der Waals surface area contributed by atoms with Crippen molar-refractivity contribution >= 4 is 46.6 Å². The van der Waals surface area contributed by atoms with Crippen molar-refractivity contribution in [3.05, 3.63) is 93.5 Å². The summed E-state index contributed by atoms with van der Waals surface area (Å²) in [5, 5.41) is 9.15. The van der Waals surface area contributed by atoms with Gasteiger partial charge in [0.05, 0.1) is 10.9 Å². The molecule has 1 fully saturated rings. The third kappa shape index (κ3) is 4.97. The molecule has 0 radical (unpaired) electrons. The lowest BCUT2D eigenvalue weighted by atomic mass is 9.63. The van der Waals surface area contributed by atoms with Gasteiger partial charge in [-0.3, -0.25) is 15.4 Å². The maximum atomic E-state index is 15.7. The fourth-order valence-corrected chi connectivity index (χ4v) is 6.12. The summed E-state index contributed by atoms with van der Waals surface area (Å²) in [4.78, 5) is 27.1. The van der Waals surface area contributed by atoms with E-state index in [0.717, 1.165) is 0 Å². The second kappa shape index (κ2) is 10.1. The van der Waals surface area contributed by atoms with Crippen LogP contribution >= 0.6 is 23.2 Å². The second-order valence-corrected chi connectivity index (χ2v) is 11.9. The molecule has 204 valence electrons. The zero-order valence-electron chi connectivity index (χ0n) is 21.4. The molecule has 1 saturated heterocycles. The summed E-state index contributed by atoms with van der Waals surface area (Å²) in [6.45, 7) is 6.09. The van der Waals surface area contributed by atoms with Gasteiger partial charge in [-0.15, -0.1) is 0 Å². The Hall–Kier alpha value is -3.20. The maximum Gasteiger partial charge on any atom is 0.413 e. The zero-order chi connectivity index (χ0) is 28.1. The van der Waals surface area contributed by atoms with Crippen LogP contribution in [0, 0.1) is 17.0 Å². The molecule has 0 saturated carbocycles. The van der Waals surface area contributed by atoms with Crippen LogP contribution in [0.3, 0.4) is 0 Å². The van der Waals surface area contributed by atoms with E-state index in [9.17, 15) is 14.0 Å². The normalized spacial score (nSPS) is 24.0. The SMILES string of the molecule is CC(C)(C)C[C@@H]1N[C@H](OC(=O)Nc2ccc(F)cc2)[C@H](c2cccc(Cl)c2F)[C@]12C(=O)Nc1cc(Cl)ccc12. The van der Waals surface area contributed by atoms with Gasteiger partial charge >= 0.3 is 6.09 Å². The number of carbonyl (C=O) groups is 2. The fraction of sp³-hybridized carbons (Fsp3) is 0.310. The topological polar surface area (TPSA) is 79.5 Å². The second-order valence-electron chi connectivity index (χ2n) is 11.1. The van der Waals surface area contributed by atoms with Crippen molar-refractivity contribution in [1.82, 2.24) is 5.32 Å². The number of anilines is 2. The van der Waals surface area contributed by atoms with Crippen molar-refractivity contribution in [2.75, 3.05) is 10.6 Å². The number of amides is 2. The smallest absolute Gasteiger partial charge is 0.413 e. The van der Waals surface area contributed by atoms with Gasteiger partial charge in [-0.05, 0) is 65.4 Å². The van der Waals surface area contributed by atoms with E-state index in [1.807, 2.05) is 20.8 Å². The van der Waals surface area contributed by atoms with Crippen LogP contribution in [-0.2, 0) is 14.9 Å². The van der Waals surface area contributed by atoms with E-state index in [1.165, 1.54) is 30.3 Å². The zero-order valence-corrected chi connectivity index (χ0v) is 23.0. The van der Waals surface area contributed by atoms with E-state index in [4.69, 9.17) is 27.9 Å². The Morgan fingerprint density at radius 3 is 2.49 bits per heavy atom. The molecule has 5 rings (SSSR count). The van der Waals surface area contributed by atoms with Crippen LogP contribution in [0.25, 0.3) is 0 Å². The Kier molecular flexibility index (Phi) is 7.07. The first-order valence-corrected chi connectivity index (χ1v) is 13.2. The monoisotopic (exact) mass is 573 g/mol. The van der Waals surface area contributed by atoms with Crippen molar-refractivity contribution < 1.29 is 23.1 Å². The molecule has 3 N–H and O–H groups in total. The Morgan fingerprint density at radius 2 is 1.79 bits per heavy atom. The molecule has 1 spiro atoms. The molecule has 10 heteroatoms. The number of halogens is 4. The van der Waals surface area contributed by atoms with Crippen LogP contribution < -0.4 is 16.0 Å². The highest BCUT2D eigenvalue weighted by Gasteiger charge is 2.66. The van der Waals surface area contributed by atoms with Crippen LogP contribution in [0.5, 0.6) is 0 Å². The summed E-state index contributed by atoms with van der Waals surface area (Å²) >= 11 is 12.4. The quantitative estimate of drug-likeness (QED) is 0.307. The Labute approximate surface area is 235 Å². The summed E-state index contributed by atoms with van der Waals surface area (Å²) in [6.07, 6.45) is -1.49. The van der Waals surface area contributed by atoms with E-state index in [-0.39, 0.29) is 21.9 Å². The molecule has 2 amide bonds. The van der Waals surface area contributed by atoms with Crippen LogP contribution in [0.2, 0.25) is 10.0 Å². The lowest BCUT2D eigenvalue weighted by molar-refractivity contribution is -0.122. The molecule has 39 heavy (non-hydrogen) atoms. The largest absolute Gasteiger partial charge is 0.429 e. The highest BCUT2D eigenvalue weighted by atomic mass is 35.5.